The van der Waals surface area contributed by atoms with Gasteiger partial charge in [-0.15, -0.1) is 0 Å². The Hall–Kier alpha value is -0.0231. The molecule has 3 N–H and O–H groups in total. The second-order valence-corrected chi connectivity index (χ2v) is 6.13. The summed E-state index contributed by atoms with van der Waals surface area (Å²) in [4.78, 5) is 0. The molecule has 0 spiro atoms. The molecule has 0 amide bonds. The third-order valence-electron chi connectivity index (χ3n) is 2.48. The van der Waals surface area contributed by atoms with Crippen LogP contribution in [0.1, 0.15) is 6.42 Å². The van der Waals surface area contributed by atoms with Crippen LogP contribution in [0.2, 0.25) is 6.55 Å². The molecule has 2 fully saturated rings. The van der Waals surface area contributed by atoms with Gasteiger partial charge >= 0.3 is 8.80 Å². The molecule has 7 heteroatoms. The normalized spacial score (nSPS) is 48.2. The molecule has 2 rings (SSSR count). The second kappa shape index (κ2) is 3.53. The van der Waals surface area contributed by atoms with Gasteiger partial charge in [-0.05, 0) is 6.42 Å². The Morgan fingerprint density at radius 2 is 2.07 bits per heavy atom. The van der Waals surface area contributed by atoms with Crippen molar-refractivity contribution in [3.8, 4) is 0 Å². The lowest BCUT2D eigenvalue weighted by atomic mass is 10.1. The smallest absolute Gasteiger partial charge is 0.390 e. The lowest BCUT2D eigenvalue weighted by Crippen LogP contribution is -2.43. The number of aliphatic hydroxyl groups is 3. The molecular formula is C7H14O6Si. The molecule has 6 nitrogen and oxygen atoms in total. The van der Waals surface area contributed by atoms with E-state index in [1.54, 1.807) is 6.55 Å². The van der Waals surface area contributed by atoms with Crippen LogP contribution in [-0.2, 0) is 13.3 Å². The highest BCUT2D eigenvalue weighted by atomic mass is 28.4. The molecule has 2 aliphatic heterocycles. The zero-order valence-electron chi connectivity index (χ0n) is 7.79. The minimum atomic E-state index is -2.73. The summed E-state index contributed by atoms with van der Waals surface area (Å²) in [5.41, 5.74) is 0. The van der Waals surface area contributed by atoms with Crippen molar-refractivity contribution in [3.63, 3.8) is 0 Å². The SMILES string of the molecule is C[Si]12OCCC(O)C(O1)C(C(O)O)O2. The molecule has 82 valence electrons. The molecule has 2 aliphatic rings. The minimum absolute atomic E-state index is 0.384. The molecule has 0 aromatic carbocycles. The summed E-state index contributed by atoms with van der Waals surface area (Å²) >= 11 is 0. The van der Waals surface area contributed by atoms with Crippen molar-refractivity contribution in [3.05, 3.63) is 0 Å². The molecule has 14 heavy (non-hydrogen) atoms. The van der Waals surface area contributed by atoms with Crippen LogP contribution in [0.5, 0.6) is 0 Å². The summed E-state index contributed by atoms with van der Waals surface area (Å²) in [6, 6.07) is 0. The Bertz CT molecular complexity index is 220. The Labute approximate surface area is 82.4 Å². The van der Waals surface area contributed by atoms with E-state index in [9.17, 15) is 5.11 Å². The van der Waals surface area contributed by atoms with E-state index in [1.165, 1.54) is 0 Å². The maximum absolute atomic E-state index is 9.62. The first kappa shape index (κ1) is 10.5. The molecule has 2 bridgehead atoms. The third kappa shape index (κ3) is 1.72. The van der Waals surface area contributed by atoms with E-state index in [0.717, 1.165) is 0 Å². The van der Waals surface area contributed by atoms with E-state index in [0.29, 0.717) is 13.0 Å². The van der Waals surface area contributed by atoms with Crippen molar-refractivity contribution in [1.82, 2.24) is 0 Å². The van der Waals surface area contributed by atoms with Crippen LogP contribution in [0.15, 0.2) is 0 Å². The third-order valence-corrected chi connectivity index (χ3v) is 4.60. The Balaban J connectivity index is 2.18. The lowest BCUT2D eigenvalue weighted by Gasteiger charge is -2.24. The largest absolute Gasteiger partial charge is 0.498 e. The van der Waals surface area contributed by atoms with E-state index < -0.39 is 33.4 Å². The summed E-state index contributed by atoms with van der Waals surface area (Å²) in [6.45, 7) is 2.06. The van der Waals surface area contributed by atoms with E-state index in [1.807, 2.05) is 0 Å². The highest BCUT2D eigenvalue weighted by Gasteiger charge is 2.55. The van der Waals surface area contributed by atoms with Gasteiger partial charge in [0.1, 0.15) is 12.2 Å². The van der Waals surface area contributed by atoms with Crippen LogP contribution in [-0.4, -0.2) is 55.3 Å². The number of hydrogen-bond acceptors (Lipinski definition) is 6. The van der Waals surface area contributed by atoms with Crippen LogP contribution in [0, 0.1) is 0 Å². The van der Waals surface area contributed by atoms with Gasteiger partial charge in [0.2, 0.25) is 0 Å². The van der Waals surface area contributed by atoms with Crippen LogP contribution in [0.4, 0.5) is 0 Å². The zero-order valence-corrected chi connectivity index (χ0v) is 8.79. The van der Waals surface area contributed by atoms with E-state index in [4.69, 9.17) is 23.5 Å². The first-order valence-corrected chi connectivity index (χ1v) is 6.78. The van der Waals surface area contributed by atoms with E-state index in [2.05, 4.69) is 0 Å². The van der Waals surface area contributed by atoms with E-state index >= 15 is 0 Å². The standard InChI is InChI=1S/C7H14O6Si/c1-14-11-3-2-4(8)5(12-14)6(13-14)7(9)10/h4-10H,2-3H2,1H3. The molecule has 0 aromatic heterocycles. The fourth-order valence-corrected chi connectivity index (χ4v) is 4.00. The molecule has 0 aliphatic carbocycles. The highest BCUT2D eigenvalue weighted by molar-refractivity contribution is 6.59. The first-order valence-electron chi connectivity index (χ1n) is 4.56. The summed E-state index contributed by atoms with van der Waals surface area (Å²) < 4.78 is 16.1. The lowest BCUT2D eigenvalue weighted by molar-refractivity contribution is -0.139. The van der Waals surface area contributed by atoms with Crippen LogP contribution < -0.4 is 0 Å². The maximum atomic E-state index is 9.62. The summed E-state index contributed by atoms with van der Waals surface area (Å²) in [5.74, 6) is 0. The van der Waals surface area contributed by atoms with Gasteiger partial charge in [-0.25, -0.2) is 0 Å². The van der Waals surface area contributed by atoms with Crippen molar-refractivity contribution in [2.24, 2.45) is 0 Å². The van der Waals surface area contributed by atoms with Crippen LogP contribution in [0.25, 0.3) is 0 Å². The van der Waals surface area contributed by atoms with Crippen LogP contribution in [0.3, 0.4) is 0 Å². The molecule has 4 atom stereocenters. The van der Waals surface area contributed by atoms with Crippen molar-refractivity contribution in [2.75, 3.05) is 6.61 Å². The summed E-state index contributed by atoms with van der Waals surface area (Å²) in [5, 5.41) is 27.7. The molecule has 2 saturated heterocycles. The Morgan fingerprint density at radius 3 is 2.71 bits per heavy atom. The van der Waals surface area contributed by atoms with Gasteiger partial charge in [-0.1, -0.05) is 0 Å². The van der Waals surface area contributed by atoms with Gasteiger partial charge in [0.25, 0.3) is 0 Å². The van der Waals surface area contributed by atoms with Crippen molar-refractivity contribution >= 4 is 8.80 Å². The predicted octanol–water partition coefficient (Wildman–Crippen LogP) is -1.57. The Morgan fingerprint density at radius 1 is 1.36 bits per heavy atom. The number of rotatable bonds is 1. The molecule has 0 saturated carbocycles. The molecule has 0 aromatic rings. The average molecular weight is 222 g/mol. The fourth-order valence-electron chi connectivity index (χ4n) is 1.78. The molecule has 0 radical (unpaired) electrons. The summed E-state index contributed by atoms with van der Waals surface area (Å²) in [6.07, 6.45) is -3.57. The topological polar surface area (TPSA) is 88.4 Å². The molecular weight excluding hydrogens is 208 g/mol. The zero-order chi connectivity index (χ0) is 10.3. The second-order valence-electron chi connectivity index (χ2n) is 3.65. The molecule has 2 heterocycles. The van der Waals surface area contributed by atoms with Gasteiger partial charge in [-0.2, -0.15) is 0 Å². The average Bonchev–Trinajstić information content (AvgIpc) is 2.36. The number of aliphatic hydroxyl groups excluding tert-OH is 2. The molecule has 4 unspecified atom stereocenters. The van der Waals surface area contributed by atoms with E-state index in [-0.39, 0.29) is 0 Å². The quantitative estimate of drug-likeness (QED) is 0.367. The Kier molecular flexibility index (Phi) is 2.64. The predicted molar refractivity (Wildman–Crippen MR) is 46.2 cm³/mol. The van der Waals surface area contributed by atoms with Gasteiger partial charge in [0.15, 0.2) is 6.29 Å². The van der Waals surface area contributed by atoms with Gasteiger partial charge in [0, 0.05) is 13.2 Å². The maximum Gasteiger partial charge on any atom is 0.498 e. The van der Waals surface area contributed by atoms with Crippen LogP contribution >= 0.6 is 0 Å². The van der Waals surface area contributed by atoms with Crippen molar-refractivity contribution < 1.29 is 28.6 Å². The van der Waals surface area contributed by atoms with Gasteiger partial charge in [0.05, 0.1) is 6.10 Å². The number of fused-ring (bicyclic) bond motifs is 2. The first-order chi connectivity index (χ1) is 6.52. The summed E-state index contributed by atoms with van der Waals surface area (Å²) in [7, 11) is -2.73. The monoisotopic (exact) mass is 222 g/mol. The minimum Gasteiger partial charge on any atom is -0.390 e. The fraction of sp³-hybridized carbons (Fsp3) is 1.00. The highest BCUT2D eigenvalue weighted by Crippen LogP contribution is 2.33. The number of hydrogen-bond donors (Lipinski definition) is 3. The van der Waals surface area contributed by atoms with Gasteiger partial charge in [-0.3, -0.25) is 0 Å². The van der Waals surface area contributed by atoms with Crippen molar-refractivity contribution in [2.45, 2.75) is 37.6 Å². The van der Waals surface area contributed by atoms with Crippen molar-refractivity contribution in [1.29, 1.82) is 0 Å². The van der Waals surface area contributed by atoms with Gasteiger partial charge < -0.3 is 28.6 Å².